The molecule has 0 atom stereocenters. The number of hydrogen-bond donors (Lipinski definition) is 1. The van der Waals surface area contributed by atoms with Gasteiger partial charge in [-0.25, -0.2) is 4.98 Å². The van der Waals surface area contributed by atoms with Crippen molar-refractivity contribution in [3.05, 3.63) is 100 Å². The molecule has 0 aliphatic rings. The molecule has 1 N–H and O–H groups in total. The molecular formula is C25H24ClN3O2. The van der Waals surface area contributed by atoms with E-state index < -0.39 is 0 Å². The maximum absolute atomic E-state index is 11.8. The van der Waals surface area contributed by atoms with E-state index in [9.17, 15) is 4.79 Å². The van der Waals surface area contributed by atoms with Crippen molar-refractivity contribution in [3.8, 4) is 0 Å². The van der Waals surface area contributed by atoms with Gasteiger partial charge in [0.15, 0.2) is 0 Å². The quantitative estimate of drug-likeness (QED) is 0.426. The van der Waals surface area contributed by atoms with Crippen molar-refractivity contribution in [2.45, 2.75) is 26.6 Å². The van der Waals surface area contributed by atoms with Crippen LogP contribution in [-0.2, 0) is 19.6 Å². The zero-order valence-corrected chi connectivity index (χ0v) is 18.3. The number of aryl methyl sites for hydroxylation is 1. The molecule has 0 bridgehead atoms. The molecule has 31 heavy (non-hydrogen) atoms. The minimum absolute atomic E-state index is 0.0957. The first-order valence-electron chi connectivity index (χ1n) is 10.1. The summed E-state index contributed by atoms with van der Waals surface area (Å²) in [7, 11) is 1.63. The van der Waals surface area contributed by atoms with Crippen LogP contribution >= 0.6 is 11.6 Å². The predicted octanol–water partition coefficient (Wildman–Crippen LogP) is 5.35. The van der Waals surface area contributed by atoms with E-state index in [1.54, 1.807) is 13.3 Å². The van der Waals surface area contributed by atoms with E-state index in [1.165, 1.54) is 0 Å². The maximum Gasteiger partial charge on any atom is 0.251 e. The largest absolute Gasteiger partial charge is 0.468 e. The predicted molar refractivity (Wildman–Crippen MR) is 123 cm³/mol. The van der Waals surface area contributed by atoms with E-state index in [1.807, 2.05) is 67.6 Å². The minimum Gasteiger partial charge on any atom is -0.468 e. The van der Waals surface area contributed by atoms with Crippen LogP contribution in [0.5, 0.6) is 0 Å². The zero-order valence-electron chi connectivity index (χ0n) is 17.6. The number of benzene rings is 2. The Morgan fingerprint density at radius 1 is 1.03 bits per heavy atom. The van der Waals surface area contributed by atoms with E-state index in [-0.39, 0.29) is 5.91 Å². The number of carbonyl (C=O) groups excluding carboxylic acids is 1. The molecule has 0 saturated carbocycles. The fourth-order valence-electron chi connectivity index (χ4n) is 3.69. The van der Waals surface area contributed by atoms with Crippen molar-refractivity contribution >= 4 is 28.4 Å². The Morgan fingerprint density at radius 2 is 1.81 bits per heavy atom. The highest BCUT2D eigenvalue weighted by molar-refractivity contribution is 6.32. The van der Waals surface area contributed by atoms with Crippen LogP contribution in [0.3, 0.4) is 0 Å². The average molecular weight is 434 g/mol. The lowest BCUT2D eigenvalue weighted by Crippen LogP contribution is -2.23. The number of amides is 1. The van der Waals surface area contributed by atoms with Crippen molar-refractivity contribution in [1.29, 1.82) is 0 Å². The van der Waals surface area contributed by atoms with Crippen molar-refractivity contribution in [1.82, 2.24) is 15.2 Å². The fraction of sp³-hybridized carbons (Fsp3) is 0.200. The molecular weight excluding hydrogens is 410 g/mol. The molecule has 5 nitrogen and oxygen atoms in total. The monoisotopic (exact) mass is 433 g/mol. The maximum atomic E-state index is 11.8. The summed E-state index contributed by atoms with van der Waals surface area (Å²) in [6.07, 6.45) is 1.68. The third-order valence-electron chi connectivity index (χ3n) is 5.33. The van der Waals surface area contributed by atoms with Gasteiger partial charge in [-0.2, -0.15) is 0 Å². The summed E-state index contributed by atoms with van der Waals surface area (Å²) in [5, 5.41) is 4.41. The second-order valence-electron chi connectivity index (χ2n) is 7.52. The number of carbonyl (C=O) groups is 1. The summed E-state index contributed by atoms with van der Waals surface area (Å²) in [6.45, 7) is 3.89. The van der Waals surface area contributed by atoms with Crippen LogP contribution in [0.2, 0.25) is 5.02 Å². The molecule has 4 aromatic rings. The number of nitrogens with zero attached hydrogens (tertiary/aromatic N) is 2. The number of fused-ring (bicyclic) bond motifs is 1. The summed E-state index contributed by atoms with van der Waals surface area (Å²) in [5.41, 5.74) is 4.54. The summed E-state index contributed by atoms with van der Waals surface area (Å²) < 4.78 is 5.58. The van der Waals surface area contributed by atoms with Crippen molar-refractivity contribution < 1.29 is 9.21 Å². The second-order valence-corrected chi connectivity index (χ2v) is 7.89. The van der Waals surface area contributed by atoms with Crippen LogP contribution in [0.15, 0.2) is 71.3 Å². The van der Waals surface area contributed by atoms with Crippen LogP contribution in [0.4, 0.5) is 0 Å². The number of pyridine rings is 1. The molecule has 0 spiro atoms. The fourth-order valence-corrected chi connectivity index (χ4v) is 3.89. The number of halogens is 1. The molecule has 0 unspecified atom stereocenters. The van der Waals surface area contributed by atoms with Gasteiger partial charge in [-0.05, 0) is 48.4 Å². The Labute approximate surface area is 186 Å². The smallest absolute Gasteiger partial charge is 0.251 e. The number of nitrogens with one attached hydrogen (secondary N) is 1. The molecule has 0 radical (unpaired) electrons. The van der Waals surface area contributed by atoms with Gasteiger partial charge >= 0.3 is 0 Å². The van der Waals surface area contributed by atoms with E-state index >= 15 is 0 Å². The molecule has 0 saturated heterocycles. The number of para-hydroxylation sites is 1. The molecule has 2 heterocycles. The Balaban J connectivity index is 1.62. The third-order valence-corrected chi connectivity index (χ3v) is 5.83. The third kappa shape index (κ3) is 4.79. The van der Waals surface area contributed by atoms with Crippen LogP contribution in [0.25, 0.3) is 10.9 Å². The number of hydrogen-bond acceptors (Lipinski definition) is 4. The van der Waals surface area contributed by atoms with Gasteiger partial charge in [-0.1, -0.05) is 41.9 Å². The van der Waals surface area contributed by atoms with E-state index in [0.29, 0.717) is 30.2 Å². The van der Waals surface area contributed by atoms with E-state index in [2.05, 4.69) is 10.2 Å². The van der Waals surface area contributed by atoms with E-state index in [4.69, 9.17) is 21.0 Å². The highest BCUT2D eigenvalue weighted by atomic mass is 35.5. The zero-order chi connectivity index (χ0) is 21.8. The highest BCUT2D eigenvalue weighted by Gasteiger charge is 2.16. The normalized spacial score (nSPS) is 11.2. The van der Waals surface area contributed by atoms with Gasteiger partial charge in [-0.3, -0.25) is 9.69 Å². The SMILES string of the molecule is CNC(=O)c1ccc(CN(Cc2ccco2)Cc2nc3ccccc3c(C)c2Cl)cc1. The molecule has 0 aliphatic carbocycles. The summed E-state index contributed by atoms with van der Waals surface area (Å²) in [6, 6.07) is 19.5. The van der Waals surface area contributed by atoms with Gasteiger partial charge in [0.2, 0.25) is 0 Å². The minimum atomic E-state index is -0.0957. The Kier molecular flexibility index (Phi) is 6.35. The molecule has 158 valence electrons. The molecule has 4 rings (SSSR count). The number of furan rings is 1. The van der Waals surface area contributed by atoms with Crippen molar-refractivity contribution in [2.24, 2.45) is 0 Å². The van der Waals surface area contributed by atoms with E-state index in [0.717, 1.165) is 33.5 Å². The molecule has 0 fully saturated rings. The van der Waals surface area contributed by atoms with Gasteiger partial charge in [0.25, 0.3) is 5.91 Å². The standard InChI is InChI=1S/C25H24ClN3O2/c1-17-21-7-3-4-8-22(21)28-23(24(17)26)16-29(15-20-6-5-13-31-20)14-18-9-11-19(12-10-18)25(30)27-2/h3-13H,14-16H2,1-2H3,(H,27,30). The van der Waals surface area contributed by atoms with Gasteiger partial charge in [0, 0.05) is 31.1 Å². The van der Waals surface area contributed by atoms with Crippen molar-refractivity contribution in [2.75, 3.05) is 7.05 Å². The highest BCUT2D eigenvalue weighted by Crippen LogP contribution is 2.28. The Bertz CT molecular complexity index is 1190. The van der Waals surface area contributed by atoms with Crippen LogP contribution in [0, 0.1) is 6.92 Å². The first-order valence-corrected chi connectivity index (χ1v) is 10.5. The van der Waals surface area contributed by atoms with Crippen LogP contribution in [-0.4, -0.2) is 22.8 Å². The number of aromatic nitrogens is 1. The second kappa shape index (κ2) is 9.33. The lowest BCUT2D eigenvalue weighted by atomic mass is 10.1. The van der Waals surface area contributed by atoms with Crippen molar-refractivity contribution in [3.63, 3.8) is 0 Å². The summed E-state index contributed by atoms with van der Waals surface area (Å²) >= 11 is 6.72. The Hall–Kier alpha value is -3.15. The first kappa shape index (κ1) is 21.1. The van der Waals surface area contributed by atoms with Gasteiger partial charge in [-0.15, -0.1) is 0 Å². The van der Waals surface area contributed by atoms with Gasteiger partial charge in [0.05, 0.1) is 29.0 Å². The summed E-state index contributed by atoms with van der Waals surface area (Å²) in [4.78, 5) is 18.9. The Morgan fingerprint density at radius 3 is 2.52 bits per heavy atom. The van der Waals surface area contributed by atoms with Gasteiger partial charge < -0.3 is 9.73 Å². The molecule has 1 amide bonds. The van der Waals surface area contributed by atoms with Crippen LogP contribution < -0.4 is 5.32 Å². The lowest BCUT2D eigenvalue weighted by molar-refractivity contribution is 0.0963. The molecule has 2 aromatic carbocycles. The number of rotatable bonds is 7. The molecule has 0 aliphatic heterocycles. The molecule has 2 aromatic heterocycles. The lowest BCUT2D eigenvalue weighted by Gasteiger charge is -2.22. The van der Waals surface area contributed by atoms with Gasteiger partial charge in [0.1, 0.15) is 5.76 Å². The molecule has 6 heteroatoms. The summed E-state index contributed by atoms with van der Waals surface area (Å²) in [5.74, 6) is 0.775. The topological polar surface area (TPSA) is 58.4 Å². The van der Waals surface area contributed by atoms with Crippen LogP contribution in [0.1, 0.15) is 32.9 Å². The first-order chi connectivity index (χ1) is 15.0. The average Bonchev–Trinajstić information content (AvgIpc) is 3.30.